The van der Waals surface area contributed by atoms with Crippen LogP contribution in [-0.2, 0) is 43.2 Å². The molecule has 2 aromatic carbocycles. The van der Waals surface area contributed by atoms with Crippen molar-refractivity contribution < 1.29 is 34.2 Å². The van der Waals surface area contributed by atoms with Gasteiger partial charge in [-0.1, -0.05) is 30.3 Å². The minimum atomic E-state index is -1.34. The number of carbonyl (C=O) groups excluding carboxylic acids is 4. The number of aromatic hydroxyl groups is 1. The summed E-state index contributed by atoms with van der Waals surface area (Å²) >= 11 is 0. The van der Waals surface area contributed by atoms with E-state index < -0.39 is 60.3 Å². The molecule has 52 heavy (non-hydrogen) atoms. The number of benzene rings is 2. The number of fused-ring (bicyclic) bond motifs is 1. The van der Waals surface area contributed by atoms with Crippen LogP contribution in [0.4, 0.5) is 0 Å². The molecule has 0 saturated heterocycles. The van der Waals surface area contributed by atoms with Gasteiger partial charge in [0.1, 0.15) is 23.9 Å². The zero-order chi connectivity index (χ0) is 37.6. The van der Waals surface area contributed by atoms with Crippen LogP contribution in [0, 0.1) is 0 Å². The molecule has 18 heteroatoms. The number of aliphatic imine (C=N–C) groups is 1. The Balaban J connectivity index is 1.45. The van der Waals surface area contributed by atoms with Gasteiger partial charge in [0, 0.05) is 54.8 Å². The number of nitrogens with two attached hydrogens (primary N) is 3. The molecule has 0 fully saturated rings. The zero-order valence-corrected chi connectivity index (χ0v) is 28.2. The van der Waals surface area contributed by atoms with Crippen LogP contribution in [0.25, 0.3) is 10.9 Å². The van der Waals surface area contributed by atoms with Gasteiger partial charge >= 0.3 is 5.97 Å². The van der Waals surface area contributed by atoms with E-state index in [9.17, 15) is 34.2 Å². The Kier molecular flexibility index (Phi) is 13.7. The standard InChI is InChI=1S/C34H43N11O7/c35-24(5-3-11-39-34(36)37)30(48)44-26(12-19-7-9-22(46)10-8-19)31(49)41-17-29(47)43-27(13-20-15-40-25-6-2-1-4-23(20)25)32(50)45-28(33(51)52)14-21-16-38-18-42-21/h1-2,4,6-10,15-16,18,24,26-28,40,46H,3,5,11-14,17,35H2,(H,38,42)(H,41,49)(H,43,47)(H,44,48)(H,45,50)(H,51,52)(H4,36,37,39)/t24-,26-,27-,28-/m0/s1. The number of hydrogen-bond acceptors (Lipinski definition) is 9. The summed E-state index contributed by atoms with van der Waals surface area (Å²) in [6.45, 7) is -0.324. The van der Waals surface area contributed by atoms with Gasteiger partial charge in [-0.25, -0.2) is 9.78 Å². The molecule has 0 spiro atoms. The number of hydrogen-bond donors (Lipinski definition) is 11. The Morgan fingerprint density at radius 1 is 0.846 bits per heavy atom. The Hall–Kier alpha value is -6.43. The Bertz CT molecular complexity index is 1850. The van der Waals surface area contributed by atoms with Crippen molar-refractivity contribution in [3.05, 3.63) is 84.1 Å². The lowest BCUT2D eigenvalue weighted by atomic mass is 10.0. The average Bonchev–Trinajstić information content (AvgIpc) is 3.79. The van der Waals surface area contributed by atoms with Gasteiger partial charge in [0.05, 0.1) is 18.9 Å². The number of aliphatic carboxylic acids is 1. The van der Waals surface area contributed by atoms with Crippen LogP contribution in [0.5, 0.6) is 5.75 Å². The topological polar surface area (TPSA) is 309 Å². The lowest BCUT2D eigenvalue weighted by molar-refractivity contribution is -0.142. The molecule has 18 nitrogen and oxygen atoms in total. The van der Waals surface area contributed by atoms with E-state index in [-0.39, 0.29) is 43.9 Å². The molecule has 4 amide bonds. The highest BCUT2D eigenvalue weighted by atomic mass is 16.4. The molecule has 0 saturated carbocycles. The molecule has 0 aliphatic heterocycles. The molecule has 14 N–H and O–H groups in total. The van der Waals surface area contributed by atoms with E-state index >= 15 is 0 Å². The molecule has 276 valence electrons. The first-order valence-electron chi connectivity index (χ1n) is 16.4. The zero-order valence-electron chi connectivity index (χ0n) is 28.2. The Labute approximate surface area is 298 Å². The number of phenols is 1. The second-order valence-corrected chi connectivity index (χ2v) is 12.1. The number of imidazole rings is 1. The van der Waals surface area contributed by atoms with Crippen LogP contribution in [0.1, 0.15) is 29.7 Å². The maximum Gasteiger partial charge on any atom is 0.326 e. The third-order valence-electron chi connectivity index (χ3n) is 8.08. The highest BCUT2D eigenvalue weighted by Crippen LogP contribution is 2.19. The second-order valence-electron chi connectivity index (χ2n) is 12.1. The molecular weight excluding hydrogens is 674 g/mol. The molecule has 0 bridgehead atoms. The number of para-hydroxylation sites is 1. The first-order chi connectivity index (χ1) is 24.9. The number of phenolic OH excluding ortho intramolecular Hbond substituents is 1. The fourth-order valence-corrected chi connectivity index (χ4v) is 5.36. The van der Waals surface area contributed by atoms with Crippen molar-refractivity contribution in [2.24, 2.45) is 22.2 Å². The molecule has 4 rings (SSSR count). The van der Waals surface area contributed by atoms with E-state index in [0.29, 0.717) is 23.2 Å². The van der Waals surface area contributed by atoms with Crippen LogP contribution in [0.3, 0.4) is 0 Å². The molecule has 2 aromatic heterocycles. The third-order valence-corrected chi connectivity index (χ3v) is 8.08. The normalized spacial score (nSPS) is 13.2. The largest absolute Gasteiger partial charge is 0.508 e. The SMILES string of the molecule is NC(N)=NCCC[C@H](N)C(=O)N[C@@H](Cc1ccc(O)cc1)C(=O)NCC(=O)N[C@@H](Cc1c[nH]c2ccccc12)C(=O)N[C@@H](Cc1cnc[nH]1)C(=O)O. The summed E-state index contributed by atoms with van der Waals surface area (Å²) < 4.78 is 0. The molecule has 0 unspecified atom stereocenters. The Morgan fingerprint density at radius 3 is 2.25 bits per heavy atom. The van der Waals surface area contributed by atoms with E-state index in [0.717, 1.165) is 10.9 Å². The van der Waals surface area contributed by atoms with Gasteiger partial charge in [0.15, 0.2) is 5.96 Å². The molecule has 0 aliphatic rings. The number of carboxylic acid groups (broad SMARTS) is 1. The summed E-state index contributed by atoms with van der Waals surface area (Å²) in [5.41, 5.74) is 19.3. The summed E-state index contributed by atoms with van der Waals surface area (Å²) in [5.74, 6) is -4.22. The monoisotopic (exact) mass is 717 g/mol. The van der Waals surface area contributed by atoms with Crippen molar-refractivity contribution in [2.45, 2.75) is 56.3 Å². The minimum absolute atomic E-state index is 0.00129. The maximum atomic E-state index is 13.6. The summed E-state index contributed by atoms with van der Waals surface area (Å²) in [4.78, 5) is 78.9. The molecule has 0 radical (unpaired) electrons. The number of rotatable bonds is 19. The Morgan fingerprint density at radius 2 is 1.56 bits per heavy atom. The maximum absolute atomic E-state index is 13.6. The fraction of sp³-hybridized carbons (Fsp3) is 0.324. The van der Waals surface area contributed by atoms with Gasteiger partial charge in [-0.05, 0) is 42.2 Å². The van der Waals surface area contributed by atoms with Crippen LogP contribution in [0.15, 0.2) is 72.2 Å². The highest BCUT2D eigenvalue weighted by Gasteiger charge is 2.29. The number of amides is 4. The van der Waals surface area contributed by atoms with Gasteiger partial charge in [-0.3, -0.25) is 24.2 Å². The molecular formula is C34H43N11O7. The lowest BCUT2D eigenvalue weighted by Crippen LogP contribution is -2.56. The number of H-pyrrole nitrogens is 2. The average molecular weight is 718 g/mol. The highest BCUT2D eigenvalue weighted by molar-refractivity contribution is 5.95. The van der Waals surface area contributed by atoms with Crippen molar-refractivity contribution in [1.29, 1.82) is 0 Å². The summed E-state index contributed by atoms with van der Waals surface area (Å²) in [7, 11) is 0. The van der Waals surface area contributed by atoms with Crippen molar-refractivity contribution >= 4 is 46.5 Å². The predicted octanol–water partition coefficient (Wildman–Crippen LogP) is -1.34. The van der Waals surface area contributed by atoms with E-state index in [1.54, 1.807) is 18.3 Å². The molecule has 2 heterocycles. The van der Waals surface area contributed by atoms with Gasteiger partial charge in [-0.15, -0.1) is 0 Å². The fourth-order valence-electron chi connectivity index (χ4n) is 5.36. The van der Waals surface area contributed by atoms with E-state index in [2.05, 4.69) is 41.2 Å². The summed E-state index contributed by atoms with van der Waals surface area (Å²) in [6, 6.07) is 8.63. The number of aromatic nitrogens is 3. The van der Waals surface area contributed by atoms with Crippen molar-refractivity contribution in [2.75, 3.05) is 13.1 Å². The van der Waals surface area contributed by atoms with E-state index in [1.807, 2.05) is 24.3 Å². The molecule has 0 aliphatic carbocycles. The minimum Gasteiger partial charge on any atom is -0.508 e. The van der Waals surface area contributed by atoms with E-state index in [4.69, 9.17) is 17.2 Å². The van der Waals surface area contributed by atoms with Gasteiger partial charge in [0.25, 0.3) is 0 Å². The number of guanidine groups is 1. The van der Waals surface area contributed by atoms with Gasteiger partial charge < -0.3 is 58.6 Å². The smallest absolute Gasteiger partial charge is 0.326 e. The van der Waals surface area contributed by atoms with Crippen molar-refractivity contribution in [3.63, 3.8) is 0 Å². The number of carboxylic acids is 1. The predicted molar refractivity (Wildman–Crippen MR) is 190 cm³/mol. The number of nitrogens with one attached hydrogen (secondary N) is 6. The molecule has 4 atom stereocenters. The first-order valence-corrected chi connectivity index (χ1v) is 16.4. The van der Waals surface area contributed by atoms with Crippen LogP contribution in [-0.4, -0.2) is 98.0 Å². The van der Waals surface area contributed by atoms with Gasteiger partial charge in [-0.2, -0.15) is 0 Å². The van der Waals surface area contributed by atoms with Crippen LogP contribution in [0.2, 0.25) is 0 Å². The van der Waals surface area contributed by atoms with Crippen LogP contribution < -0.4 is 38.5 Å². The van der Waals surface area contributed by atoms with Crippen molar-refractivity contribution in [1.82, 2.24) is 36.2 Å². The van der Waals surface area contributed by atoms with Gasteiger partial charge in [0.2, 0.25) is 23.6 Å². The third kappa shape index (κ3) is 11.6. The first kappa shape index (κ1) is 38.4. The summed E-state index contributed by atoms with van der Waals surface area (Å²) in [5, 5.41) is 30.5. The number of nitrogens with zero attached hydrogens (tertiary/aromatic N) is 2. The lowest BCUT2D eigenvalue weighted by Gasteiger charge is -2.23. The van der Waals surface area contributed by atoms with E-state index in [1.165, 1.54) is 24.7 Å². The van der Waals surface area contributed by atoms with Crippen molar-refractivity contribution in [3.8, 4) is 5.75 Å². The van der Waals surface area contributed by atoms with Crippen LogP contribution >= 0.6 is 0 Å². The number of aromatic amines is 2. The second kappa shape index (κ2) is 18.5. The summed E-state index contributed by atoms with van der Waals surface area (Å²) in [6.07, 6.45) is 5.06. The quantitative estimate of drug-likeness (QED) is 0.0306. The molecule has 4 aromatic rings. The number of carbonyl (C=O) groups is 5.